The smallest absolute Gasteiger partial charge is 0.273 e. The fourth-order valence-corrected chi connectivity index (χ4v) is 4.26. The van der Waals surface area contributed by atoms with Gasteiger partial charge in [-0.25, -0.2) is 0 Å². The van der Waals surface area contributed by atoms with Crippen LogP contribution in [0.25, 0.3) is 0 Å². The van der Waals surface area contributed by atoms with Gasteiger partial charge in [-0.15, -0.1) is 0 Å². The Morgan fingerprint density at radius 2 is 1.97 bits per heavy atom. The maximum Gasteiger partial charge on any atom is 0.273 e. The molecule has 1 fully saturated rings. The summed E-state index contributed by atoms with van der Waals surface area (Å²) >= 11 is 5.90. The third-order valence-electron chi connectivity index (χ3n) is 5.76. The van der Waals surface area contributed by atoms with Crippen molar-refractivity contribution in [3.63, 3.8) is 0 Å². The van der Waals surface area contributed by atoms with Crippen molar-refractivity contribution in [1.29, 1.82) is 0 Å². The van der Waals surface area contributed by atoms with Crippen molar-refractivity contribution in [3.05, 3.63) is 58.6 Å². The van der Waals surface area contributed by atoms with Gasteiger partial charge in [0.15, 0.2) is 0 Å². The second kappa shape index (κ2) is 11.0. The number of unbranched alkanes of at least 4 members (excludes halogenated alkanes) is 1. The van der Waals surface area contributed by atoms with Gasteiger partial charge in [-0.1, -0.05) is 43.1 Å². The van der Waals surface area contributed by atoms with Crippen LogP contribution in [0.5, 0.6) is 11.5 Å². The van der Waals surface area contributed by atoms with Crippen LogP contribution in [0.1, 0.15) is 54.6 Å². The first-order valence-electron chi connectivity index (χ1n) is 10.9. The molecule has 1 aliphatic heterocycles. The molecule has 1 saturated heterocycles. The summed E-state index contributed by atoms with van der Waals surface area (Å²) in [6.45, 7) is 2.56. The van der Waals surface area contributed by atoms with Gasteiger partial charge < -0.3 is 14.7 Å². The summed E-state index contributed by atoms with van der Waals surface area (Å²) in [6, 6.07) is 10.8. The van der Waals surface area contributed by atoms with Gasteiger partial charge in [0.25, 0.3) is 5.91 Å². The molecule has 2 unspecified atom stereocenters. The monoisotopic (exact) mass is 473 g/mol. The summed E-state index contributed by atoms with van der Waals surface area (Å²) in [7, 11) is 1.55. The number of halogens is 1. The molecule has 0 aromatic heterocycles. The van der Waals surface area contributed by atoms with E-state index in [1.807, 2.05) is 25.1 Å². The number of methoxy groups -OCH3 is 1. The summed E-state index contributed by atoms with van der Waals surface area (Å²) < 4.78 is 5.52. The first kappa shape index (κ1) is 24.4. The van der Waals surface area contributed by atoms with E-state index in [2.05, 4.69) is 10.9 Å². The third kappa shape index (κ3) is 5.57. The zero-order valence-electron chi connectivity index (χ0n) is 18.6. The SMILES string of the molecule is CCCCN1C(=O)CCC(C(=O)NNC(=O)c2cc(Cl)ccc2O)C1c1ccccc1OC. The zero-order chi connectivity index (χ0) is 24.0. The van der Waals surface area contributed by atoms with Crippen LogP contribution < -0.4 is 15.6 Å². The molecule has 33 heavy (non-hydrogen) atoms. The minimum Gasteiger partial charge on any atom is -0.507 e. The molecule has 3 N–H and O–H groups in total. The second-order valence-corrected chi connectivity index (χ2v) is 8.31. The number of ether oxygens (including phenoxy) is 1. The maximum atomic E-state index is 13.2. The van der Waals surface area contributed by atoms with Crippen molar-refractivity contribution >= 4 is 29.3 Å². The Hall–Kier alpha value is -3.26. The molecular weight excluding hydrogens is 446 g/mol. The lowest BCUT2D eigenvalue weighted by Crippen LogP contribution is -2.52. The van der Waals surface area contributed by atoms with Crippen molar-refractivity contribution < 1.29 is 24.2 Å². The molecule has 0 aliphatic carbocycles. The van der Waals surface area contributed by atoms with Gasteiger partial charge in [-0.3, -0.25) is 25.2 Å². The number of benzene rings is 2. The quantitative estimate of drug-likeness (QED) is 0.532. The number of phenols is 1. The molecule has 176 valence electrons. The zero-order valence-corrected chi connectivity index (χ0v) is 19.4. The Morgan fingerprint density at radius 1 is 1.21 bits per heavy atom. The minimum absolute atomic E-state index is 0.0173. The summed E-state index contributed by atoms with van der Waals surface area (Å²) in [5.41, 5.74) is 5.47. The van der Waals surface area contributed by atoms with E-state index >= 15 is 0 Å². The molecule has 1 aliphatic rings. The van der Waals surface area contributed by atoms with E-state index in [-0.39, 0.29) is 28.7 Å². The van der Waals surface area contributed by atoms with Crippen molar-refractivity contribution in [2.45, 2.75) is 38.6 Å². The van der Waals surface area contributed by atoms with Gasteiger partial charge in [0, 0.05) is 23.6 Å². The van der Waals surface area contributed by atoms with E-state index in [9.17, 15) is 19.5 Å². The molecule has 2 atom stereocenters. The summed E-state index contributed by atoms with van der Waals surface area (Å²) in [5, 5.41) is 10.2. The number of amides is 3. The number of hydrazine groups is 1. The van der Waals surface area contributed by atoms with E-state index in [1.165, 1.54) is 18.2 Å². The van der Waals surface area contributed by atoms with E-state index in [4.69, 9.17) is 16.3 Å². The number of hydrogen-bond donors (Lipinski definition) is 3. The van der Waals surface area contributed by atoms with Crippen LogP contribution >= 0.6 is 11.6 Å². The van der Waals surface area contributed by atoms with E-state index in [0.29, 0.717) is 18.7 Å². The van der Waals surface area contributed by atoms with Gasteiger partial charge >= 0.3 is 0 Å². The van der Waals surface area contributed by atoms with Crippen molar-refractivity contribution in [2.24, 2.45) is 5.92 Å². The molecule has 9 heteroatoms. The number of hydrogen-bond acceptors (Lipinski definition) is 5. The Kier molecular flexibility index (Phi) is 8.16. The topological polar surface area (TPSA) is 108 Å². The van der Waals surface area contributed by atoms with E-state index in [0.717, 1.165) is 18.4 Å². The Bertz CT molecular complexity index is 1030. The highest BCUT2D eigenvalue weighted by Crippen LogP contribution is 2.40. The van der Waals surface area contributed by atoms with Gasteiger partial charge in [0.2, 0.25) is 11.8 Å². The number of aromatic hydroxyl groups is 1. The van der Waals surface area contributed by atoms with Crippen LogP contribution in [0.15, 0.2) is 42.5 Å². The lowest BCUT2D eigenvalue weighted by molar-refractivity contribution is -0.143. The Morgan fingerprint density at radius 3 is 2.70 bits per heavy atom. The van der Waals surface area contributed by atoms with Crippen LogP contribution in [-0.4, -0.2) is 41.4 Å². The van der Waals surface area contributed by atoms with Gasteiger partial charge in [-0.2, -0.15) is 0 Å². The minimum atomic E-state index is -0.702. The average molecular weight is 474 g/mol. The molecule has 0 spiro atoms. The first-order valence-corrected chi connectivity index (χ1v) is 11.3. The number of likely N-dealkylation sites (tertiary alicyclic amines) is 1. The molecule has 0 bridgehead atoms. The van der Waals surface area contributed by atoms with Crippen molar-refractivity contribution in [2.75, 3.05) is 13.7 Å². The van der Waals surface area contributed by atoms with Crippen LogP contribution in [0.3, 0.4) is 0 Å². The Labute approximate surface area is 197 Å². The van der Waals surface area contributed by atoms with Crippen LogP contribution in [0.4, 0.5) is 0 Å². The number of carbonyl (C=O) groups is 3. The molecular formula is C24H28ClN3O5. The number of carbonyl (C=O) groups excluding carboxylic acids is 3. The fraction of sp³-hybridized carbons (Fsp3) is 0.375. The van der Waals surface area contributed by atoms with Crippen molar-refractivity contribution in [1.82, 2.24) is 15.8 Å². The molecule has 3 amide bonds. The predicted molar refractivity (Wildman–Crippen MR) is 124 cm³/mol. The number of piperidine rings is 1. The standard InChI is InChI=1S/C24H28ClN3O5/c1-3-4-13-28-21(30)12-10-17(22(28)16-7-5-6-8-20(16)33-2)23(31)26-27-24(32)18-14-15(25)9-11-19(18)29/h5-9,11,14,17,22,29H,3-4,10,12-13H2,1-2H3,(H,26,31)(H,27,32). The number of nitrogens with one attached hydrogen (secondary N) is 2. The number of phenolic OH excluding ortho intramolecular Hbond substituents is 1. The van der Waals surface area contributed by atoms with Crippen LogP contribution in [0.2, 0.25) is 5.02 Å². The van der Waals surface area contributed by atoms with Crippen LogP contribution in [-0.2, 0) is 9.59 Å². The highest BCUT2D eigenvalue weighted by molar-refractivity contribution is 6.31. The van der Waals surface area contributed by atoms with Gasteiger partial charge in [0.1, 0.15) is 11.5 Å². The first-order chi connectivity index (χ1) is 15.9. The molecule has 8 nitrogen and oxygen atoms in total. The molecule has 1 heterocycles. The molecule has 0 radical (unpaired) electrons. The summed E-state index contributed by atoms with van der Waals surface area (Å²) in [4.78, 5) is 40.2. The number of para-hydroxylation sites is 1. The Balaban J connectivity index is 1.85. The third-order valence-corrected chi connectivity index (χ3v) is 5.99. The second-order valence-electron chi connectivity index (χ2n) is 7.88. The number of nitrogens with zero attached hydrogens (tertiary/aromatic N) is 1. The van der Waals surface area contributed by atoms with Crippen molar-refractivity contribution in [3.8, 4) is 11.5 Å². The maximum absolute atomic E-state index is 13.2. The van der Waals surface area contributed by atoms with E-state index in [1.54, 1.807) is 18.1 Å². The summed E-state index contributed by atoms with van der Waals surface area (Å²) in [6.07, 6.45) is 2.26. The highest BCUT2D eigenvalue weighted by Gasteiger charge is 2.41. The molecule has 0 saturated carbocycles. The van der Waals surface area contributed by atoms with Gasteiger partial charge in [-0.05, 0) is 37.1 Å². The average Bonchev–Trinajstić information content (AvgIpc) is 2.82. The summed E-state index contributed by atoms with van der Waals surface area (Å²) in [5.74, 6) is -1.43. The van der Waals surface area contributed by atoms with E-state index < -0.39 is 23.8 Å². The molecule has 3 rings (SSSR count). The fourth-order valence-electron chi connectivity index (χ4n) is 4.08. The van der Waals surface area contributed by atoms with Gasteiger partial charge in [0.05, 0.1) is 24.6 Å². The molecule has 2 aromatic rings. The molecule has 2 aromatic carbocycles. The lowest BCUT2D eigenvalue weighted by Gasteiger charge is -2.41. The number of rotatable bonds is 7. The largest absolute Gasteiger partial charge is 0.507 e. The normalized spacial score (nSPS) is 18.0. The highest BCUT2D eigenvalue weighted by atomic mass is 35.5. The lowest BCUT2D eigenvalue weighted by atomic mass is 9.83. The predicted octanol–water partition coefficient (Wildman–Crippen LogP) is 3.60. The van der Waals surface area contributed by atoms with Crippen LogP contribution in [0, 0.1) is 5.92 Å².